The predicted octanol–water partition coefficient (Wildman–Crippen LogP) is 0.910. The number of hydrogen-bond donors (Lipinski definition) is 3. The van der Waals surface area contributed by atoms with Crippen molar-refractivity contribution in [2.24, 2.45) is 5.73 Å². The number of primary amides is 1. The quantitative estimate of drug-likeness (QED) is 0.751. The molecule has 7 heteroatoms. The minimum atomic E-state index is -0.601. The van der Waals surface area contributed by atoms with E-state index in [9.17, 15) is 4.79 Å². The molecule has 2 aromatic rings. The van der Waals surface area contributed by atoms with E-state index in [1.165, 1.54) is 19.4 Å². The smallest absolute Gasteiger partial charge is 0.250 e. The first-order valence-corrected chi connectivity index (χ1v) is 5.42. The van der Waals surface area contributed by atoms with E-state index in [0.29, 0.717) is 17.4 Å². The highest BCUT2D eigenvalue weighted by atomic mass is 16.5. The van der Waals surface area contributed by atoms with Crippen molar-refractivity contribution in [2.45, 2.75) is 0 Å². The third-order valence-electron chi connectivity index (χ3n) is 2.42. The lowest BCUT2D eigenvalue weighted by molar-refractivity contribution is 0.100. The number of rotatable bonds is 4. The summed E-state index contributed by atoms with van der Waals surface area (Å²) < 4.78 is 4.95. The first-order chi connectivity index (χ1) is 9.10. The van der Waals surface area contributed by atoms with Gasteiger partial charge in [-0.15, -0.1) is 0 Å². The Morgan fingerprint density at radius 3 is 2.68 bits per heavy atom. The van der Waals surface area contributed by atoms with E-state index >= 15 is 0 Å². The van der Waals surface area contributed by atoms with Gasteiger partial charge >= 0.3 is 0 Å². The van der Waals surface area contributed by atoms with E-state index in [0.717, 1.165) is 0 Å². The van der Waals surface area contributed by atoms with Crippen LogP contribution in [0.1, 0.15) is 10.4 Å². The van der Waals surface area contributed by atoms with Gasteiger partial charge in [-0.1, -0.05) is 0 Å². The summed E-state index contributed by atoms with van der Waals surface area (Å²) in [4.78, 5) is 19.3. The summed E-state index contributed by atoms with van der Waals surface area (Å²) in [6, 6.07) is 4.96. The largest absolute Gasteiger partial charge is 0.481 e. The molecule has 19 heavy (non-hydrogen) atoms. The van der Waals surface area contributed by atoms with Crippen molar-refractivity contribution in [1.29, 1.82) is 0 Å². The van der Waals surface area contributed by atoms with Crippen molar-refractivity contribution in [2.75, 3.05) is 18.2 Å². The molecule has 0 spiro atoms. The molecule has 0 fully saturated rings. The number of nitrogens with two attached hydrogens (primary N) is 2. The molecule has 2 aromatic heterocycles. The molecule has 0 aliphatic rings. The monoisotopic (exact) mass is 259 g/mol. The van der Waals surface area contributed by atoms with E-state index in [1.54, 1.807) is 18.3 Å². The number of hydrogen-bond acceptors (Lipinski definition) is 6. The fourth-order valence-electron chi connectivity index (χ4n) is 1.47. The van der Waals surface area contributed by atoms with Gasteiger partial charge in [0.05, 0.1) is 36.4 Å². The highest BCUT2D eigenvalue weighted by molar-refractivity contribution is 5.98. The minimum Gasteiger partial charge on any atom is -0.481 e. The van der Waals surface area contributed by atoms with Crippen molar-refractivity contribution in [3.05, 3.63) is 36.2 Å². The van der Waals surface area contributed by atoms with Crippen LogP contribution in [-0.4, -0.2) is 23.0 Å². The molecule has 0 aromatic carbocycles. The van der Waals surface area contributed by atoms with Crippen molar-refractivity contribution < 1.29 is 9.53 Å². The summed E-state index contributed by atoms with van der Waals surface area (Å²) in [6.07, 6.45) is 2.96. The van der Waals surface area contributed by atoms with E-state index in [1.807, 2.05) is 0 Å². The fourth-order valence-corrected chi connectivity index (χ4v) is 1.47. The Labute approximate surface area is 109 Å². The van der Waals surface area contributed by atoms with E-state index in [-0.39, 0.29) is 11.3 Å². The Balaban J connectivity index is 2.22. The van der Waals surface area contributed by atoms with Gasteiger partial charge in [-0.3, -0.25) is 4.79 Å². The summed E-state index contributed by atoms with van der Waals surface area (Å²) >= 11 is 0. The van der Waals surface area contributed by atoms with Crippen LogP contribution in [0, 0.1) is 0 Å². The van der Waals surface area contributed by atoms with Crippen LogP contribution >= 0.6 is 0 Å². The summed E-state index contributed by atoms with van der Waals surface area (Å²) in [5.74, 6) is 0.361. The van der Waals surface area contributed by atoms with Gasteiger partial charge in [0, 0.05) is 6.07 Å². The Hall–Kier alpha value is -2.83. The molecule has 0 bridgehead atoms. The molecule has 0 radical (unpaired) electrons. The standard InChI is InChI=1S/C12H13N5O2/c1-19-11-3-2-7(5-16-11)17-10-4-8(12(14)18)9(13)6-15-10/h2-6H,13H2,1H3,(H2,14,18)(H,15,17). The average molecular weight is 259 g/mol. The van der Waals surface area contributed by atoms with Gasteiger partial charge in [0.2, 0.25) is 5.88 Å². The number of nitrogens with one attached hydrogen (secondary N) is 1. The maximum Gasteiger partial charge on any atom is 0.250 e. The zero-order valence-corrected chi connectivity index (χ0v) is 10.3. The van der Waals surface area contributed by atoms with Gasteiger partial charge in [0.25, 0.3) is 5.91 Å². The zero-order valence-electron chi connectivity index (χ0n) is 10.3. The zero-order chi connectivity index (χ0) is 13.8. The normalized spacial score (nSPS) is 9.95. The van der Waals surface area contributed by atoms with Gasteiger partial charge in [0.15, 0.2) is 0 Å². The second-order valence-electron chi connectivity index (χ2n) is 3.74. The van der Waals surface area contributed by atoms with Crippen molar-refractivity contribution >= 4 is 23.1 Å². The van der Waals surface area contributed by atoms with Gasteiger partial charge in [-0.05, 0) is 12.1 Å². The topological polar surface area (TPSA) is 116 Å². The Bertz CT molecular complexity index is 598. The van der Waals surface area contributed by atoms with Crippen LogP contribution in [0.25, 0.3) is 0 Å². The molecule has 0 aliphatic carbocycles. The number of aromatic nitrogens is 2. The van der Waals surface area contributed by atoms with E-state index in [4.69, 9.17) is 16.2 Å². The lowest BCUT2D eigenvalue weighted by Crippen LogP contribution is -2.14. The average Bonchev–Trinajstić information content (AvgIpc) is 2.41. The molecular formula is C12H13N5O2. The number of methoxy groups -OCH3 is 1. The number of ether oxygens (including phenoxy) is 1. The van der Waals surface area contributed by atoms with Gasteiger partial charge < -0.3 is 21.5 Å². The summed E-state index contributed by atoms with van der Waals surface area (Å²) in [5, 5.41) is 2.99. The van der Waals surface area contributed by atoms with Crippen molar-refractivity contribution in [3.63, 3.8) is 0 Å². The summed E-state index contributed by atoms with van der Waals surface area (Å²) in [5.41, 5.74) is 12.0. The van der Waals surface area contributed by atoms with Crippen LogP contribution in [0.3, 0.4) is 0 Å². The van der Waals surface area contributed by atoms with Gasteiger partial charge in [-0.25, -0.2) is 9.97 Å². The number of carbonyl (C=O) groups is 1. The number of amides is 1. The number of anilines is 3. The lowest BCUT2D eigenvalue weighted by atomic mass is 10.2. The highest BCUT2D eigenvalue weighted by Gasteiger charge is 2.08. The number of nitrogens with zero attached hydrogens (tertiary/aromatic N) is 2. The molecule has 98 valence electrons. The molecule has 0 unspecified atom stereocenters. The molecular weight excluding hydrogens is 246 g/mol. The molecule has 2 heterocycles. The van der Waals surface area contributed by atoms with Crippen molar-refractivity contribution in [3.8, 4) is 5.88 Å². The van der Waals surface area contributed by atoms with Gasteiger partial charge in [-0.2, -0.15) is 0 Å². The Kier molecular flexibility index (Phi) is 3.46. The maximum atomic E-state index is 11.2. The van der Waals surface area contributed by atoms with E-state index < -0.39 is 5.91 Å². The van der Waals surface area contributed by atoms with Gasteiger partial charge in [0.1, 0.15) is 5.82 Å². The van der Waals surface area contributed by atoms with Crippen LogP contribution in [0.15, 0.2) is 30.6 Å². The molecule has 0 atom stereocenters. The molecule has 5 N–H and O–H groups in total. The third kappa shape index (κ3) is 2.89. The molecule has 0 saturated heterocycles. The van der Waals surface area contributed by atoms with E-state index in [2.05, 4.69) is 15.3 Å². The Morgan fingerprint density at radius 2 is 2.11 bits per heavy atom. The first-order valence-electron chi connectivity index (χ1n) is 5.42. The molecule has 2 rings (SSSR count). The second kappa shape index (κ2) is 5.21. The number of pyridine rings is 2. The predicted molar refractivity (Wildman–Crippen MR) is 71.2 cm³/mol. The lowest BCUT2D eigenvalue weighted by Gasteiger charge is -2.08. The Morgan fingerprint density at radius 1 is 1.32 bits per heavy atom. The van der Waals surface area contributed by atoms with Crippen LogP contribution < -0.4 is 21.5 Å². The summed E-state index contributed by atoms with van der Waals surface area (Å²) in [6.45, 7) is 0. The van der Waals surface area contributed by atoms with Crippen molar-refractivity contribution in [1.82, 2.24) is 9.97 Å². The minimum absolute atomic E-state index is 0.221. The molecule has 7 nitrogen and oxygen atoms in total. The number of carbonyl (C=O) groups excluding carboxylic acids is 1. The van der Waals surface area contributed by atoms with Crippen LogP contribution in [0.5, 0.6) is 5.88 Å². The fraction of sp³-hybridized carbons (Fsp3) is 0.0833. The molecule has 1 amide bonds. The highest BCUT2D eigenvalue weighted by Crippen LogP contribution is 2.19. The van der Waals surface area contributed by atoms with Crippen LogP contribution in [-0.2, 0) is 0 Å². The number of nitrogen functional groups attached to an aromatic ring is 1. The maximum absolute atomic E-state index is 11.2. The molecule has 0 saturated carbocycles. The summed E-state index contributed by atoms with van der Waals surface area (Å²) in [7, 11) is 1.54. The van der Waals surface area contributed by atoms with Crippen LogP contribution in [0.2, 0.25) is 0 Å². The van der Waals surface area contributed by atoms with Crippen LogP contribution in [0.4, 0.5) is 17.2 Å². The first kappa shape index (κ1) is 12.6. The molecule has 0 aliphatic heterocycles. The third-order valence-corrected chi connectivity index (χ3v) is 2.42. The SMILES string of the molecule is COc1ccc(Nc2cc(C(N)=O)c(N)cn2)cn1. The second-order valence-corrected chi connectivity index (χ2v) is 3.74.